The summed E-state index contributed by atoms with van der Waals surface area (Å²) < 4.78 is 12.3. The summed E-state index contributed by atoms with van der Waals surface area (Å²) in [5, 5.41) is 9.09. The molecule has 1 saturated carbocycles. The second kappa shape index (κ2) is 6.14. The molecule has 1 aromatic carbocycles. The zero-order chi connectivity index (χ0) is 13.0. The summed E-state index contributed by atoms with van der Waals surface area (Å²) in [7, 11) is -1.19. The van der Waals surface area contributed by atoms with Crippen LogP contribution in [0.25, 0.3) is 0 Å². The molecule has 1 N–H and O–H groups in total. The average molecular weight is 266 g/mol. The monoisotopic (exact) mass is 266 g/mol. The van der Waals surface area contributed by atoms with Gasteiger partial charge in [-0.25, -0.2) is 4.79 Å². The van der Waals surface area contributed by atoms with Gasteiger partial charge in [-0.1, -0.05) is 31.4 Å². The number of carboxylic acids is 1. The largest absolute Gasteiger partial charge is 0.478 e. The van der Waals surface area contributed by atoms with Crippen molar-refractivity contribution in [3.63, 3.8) is 0 Å². The number of rotatable bonds is 4. The lowest BCUT2D eigenvalue weighted by molar-refractivity contribution is 0.0693. The van der Waals surface area contributed by atoms with E-state index in [4.69, 9.17) is 5.11 Å². The number of hydrogen-bond donors (Lipinski definition) is 1. The highest BCUT2D eigenvalue weighted by atomic mass is 32.2. The van der Waals surface area contributed by atoms with Gasteiger partial charge in [-0.05, 0) is 30.9 Å². The average Bonchev–Trinajstić information content (AvgIpc) is 2.40. The first kappa shape index (κ1) is 13.3. The minimum atomic E-state index is -1.19. The summed E-state index contributed by atoms with van der Waals surface area (Å²) in [6, 6.07) is 6.62. The van der Waals surface area contributed by atoms with Gasteiger partial charge in [0.15, 0.2) is 0 Å². The van der Waals surface area contributed by atoms with Crippen molar-refractivity contribution in [2.75, 3.05) is 5.75 Å². The third-order valence-corrected chi connectivity index (χ3v) is 5.10. The van der Waals surface area contributed by atoms with Gasteiger partial charge in [0.05, 0.1) is 21.3 Å². The zero-order valence-electron chi connectivity index (χ0n) is 10.3. The first-order valence-corrected chi connectivity index (χ1v) is 7.71. The van der Waals surface area contributed by atoms with E-state index in [0.29, 0.717) is 16.6 Å². The third kappa shape index (κ3) is 3.19. The summed E-state index contributed by atoms with van der Waals surface area (Å²) in [4.78, 5) is 11.6. The smallest absolute Gasteiger partial charge is 0.336 e. The molecule has 0 bridgehead atoms. The molecule has 0 aliphatic heterocycles. The molecule has 0 spiro atoms. The van der Waals surface area contributed by atoms with Crippen LogP contribution in [-0.4, -0.2) is 21.0 Å². The van der Waals surface area contributed by atoms with Crippen molar-refractivity contribution in [1.82, 2.24) is 0 Å². The fraction of sp³-hybridized carbons (Fsp3) is 0.500. The van der Waals surface area contributed by atoms with Crippen molar-refractivity contribution in [1.29, 1.82) is 0 Å². The summed E-state index contributed by atoms with van der Waals surface area (Å²) in [5.41, 5.74) is 0.173. The number of carboxylic acid groups (broad SMARTS) is 1. The Bertz CT molecular complexity index is 450. The van der Waals surface area contributed by atoms with E-state index < -0.39 is 16.8 Å². The maximum Gasteiger partial charge on any atom is 0.336 e. The number of carbonyl (C=O) groups is 1. The van der Waals surface area contributed by atoms with E-state index in [2.05, 4.69) is 0 Å². The summed E-state index contributed by atoms with van der Waals surface area (Å²) >= 11 is 0. The Balaban J connectivity index is 2.10. The lowest BCUT2D eigenvalue weighted by Crippen LogP contribution is -2.16. The SMILES string of the molecule is O=C(O)c1ccccc1S(=O)CC1CCCCC1. The number of benzene rings is 1. The predicted molar refractivity (Wildman–Crippen MR) is 71.3 cm³/mol. The molecule has 0 saturated heterocycles. The maximum atomic E-state index is 12.3. The molecular formula is C14H18O3S. The van der Waals surface area contributed by atoms with Gasteiger partial charge in [0.2, 0.25) is 0 Å². The Morgan fingerprint density at radius 1 is 1.22 bits per heavy atom. The van der Waals surface area contributed by atoms with Gasteiger partial charge in [-0.15, -0.1) is 0 Å². The Kier molecular flexibility index (Phi) is 4.53. The van der Waals surface area contributed by atoms with Crippen LogP contribution in [0, 0.1) is 5.92 Å². The molecule has 2 rings (SSSR count). The molecule has 18 heavy (non-hydrogen) atoms. The first-order valence-electron chi connectivity index (χ1n) is 6.39. The van der Waals surface area contributed by atoms with E-state index in [1.807, 2.05) is 0 Å². The molecule has 0 radical (unpaired) electrons. The Morgan fingerprint density at radius 3 is 2.56 bits per heavy atom. The molecule has 1 unspecified atom stereocenters. The highest BCUT2D eigenvalue weighted by Gasteiger charge is 2.20. The topological polar surface area (TPSA) is 54.4 Å². The molecule has 4 heteroatoms. The maximum absolute atomic E-state index is 12.3. The molecular weight excluding hydrogens is 248 g/mol. The van der Waals surface area contributed by atoms with Crippen LogP contribution in [0.2, 0.25) is 0 Å². The molecule has 1 aliphatic rings. The van der Waals surface area contributed by atoms with Crippen LogP contribution in [-0.2, 0) is 10.8 Å². The van der Waals surface area contributed by atoms with Gasteiger partial charge in [0, 0.05) is 5.75 Å². The minimum absolute atomic E-state index is 0.173. The molecule has 1 fully saturated rings. The lowest BCUT2D eigenvalue weighted by Gasteiger charge is -2.21. The molecule has 0 aromatic heterocycles. The van der Waals surface area contributed by atoms with Gasteiger partial charge in [-0.2, -0.15) is 0 Å². The van der Waals surface area contributed by atoms with Crippen LogP contribution in [0.15, 0.2) is 29.2 Å². The van der Waals surface area contributed by atoms with Crippen molar-refractivity contribution in [2.45, 2.75) is 37.0 Å². The standard InChI is InChI=1S/C14H18O3S/c15-14(16)12-8-4-5-9-13(12)18(17)10-11-6-2-1-3-7-11/h4-5,8-9,11H,1-3,6-7,10H2,(H,15,16). The van der Waals surface area contributed by atoms with Crippen LogP contribution in [0.5, 0.6) is 0 Å². The van der Waals surface area contributed by atoms with E-state index in [1.165, 1.54) is 25.3 Å². The van der Waals surface area contributed by atoms with Crippen LogP contribution in [0.4, 0.5) is 0 Å². The number of hydrogen-bond acceptors (Lipinski definition) is 2. The van der Waals surface area contributed by atoms with E-state index in [-0.39, 0.29) is 5.56 Å². The Hall–Kier alpha value is -1.16. The fourth-order valence-electron chi connectivity index (χ4n) is 2.50. The molecule has 1 aliphatic carbocycles. The Morgan fingerprint density at radius 2 is 1.89 bits per heavy atom. The minimum Gasteiger partial charge on any atom is -0.478 e. The van der Waals surface area contributed by atoms with Crippen molar-refractivity contribution in [2.24, 2.45) is 5.92 Å². The second-order valence-electron chi connectivity index (χ2n) is 4.82. The zero-order valence-corrected chi connectivity index (χ0v) is 11.1. The second-order valence-corrected chi connectivity index (χ2v) is 6.28. The summed E-state index contributed by atoms with van der Waals surface area (Å²) in [6.07, 6.45) is 5.95. The van der Waals surface area contributed by atoms with E-state index in [0.717, 1.165) is 12.8 Å². The summed E-state index contributed by atoms with van der Waals surface area (Å²) in [5.74, 6) is 0.0913. The fourth-order valence-corrected chi connectivity index (χ4v) is 4.07. The third-order valence-electron chi connectivity index (χ3n) is 3.47. The molecule has 0 amide bonds. The molecule has 1 atom stereocenters. The lowest BCUT2D eigenvalue weighted by atomic mass is 9.91. The van der Waals surface area contributed by atoms with Crippen LogP contribution < -0.4 is 0 Å². The van der Waals surface area contributed by atoms with Crippen molar-refractivity contribution in [3.8, 4) is 0 Å². The van der Waals surface area contributed by atoms with Crippen LogP contribution >= 0.6 is 0 Å². The van der Waals surface area contributed by atoms with Crippen LogP contribution in [0.3, 0.4) is 0 Å². The molecule has 1 aromatic rings. The van der Waals surface area contributed by atoms with E-state index in [9.17, 15) is 9.00 Å². The van der Waals surface area contributed by atoms with Crippen molar-refractivity contribution >= 4 is 16.8 Å². The first-order chi connectivity index (χ1) is 8.68. The van der Waals surface area contributed by atoms with Gasteiger partial charge in [0.25, 0.3) is 0 Å². The van der Waals surface area contributed by atoms with Gasteiger partial charge >= 0.3 is 5.97 Å². The number of aromatic carboxylic acids is 1. The molecule has 3 nitrogen and oxygen atoms in total. The van der Waals surface area contributed by atoms with Gasteiger partial charge in [0.1, 0.15) is 0 Å². The van der Waals surface area contributed by atoms with Crippen LogP contribution in [0.1, 0.15) is 42.5 Å². The normalized spacial score (nSPS) is 18.4. The van der Waals surface area contributed by atoms with Crippen molar-refractivity contribution < 1.29 is 14.1 Å². The quantitative estimate of drug-likeness (QED) is 0.911. The Labute approximate surface area is 110 Å². The van der Waals surface area contributed by atoms with E-state index in [1.54, 1.807) is 18.2 Å². The van der Waals surface area contributed by atoms with E-state index >= 15 is 0 Å². The van der Waals surface area contributed by atoms with Gasteiger partial charge < -0.3 is 5.11 Å². The predicted octanol–water partition coefficient (Wildman–Crippen LogP) is 3.07. The highest BCUT2D eigenvalue weighted by Crippen LogP contribution is 2.26. The highest BCUT2D eigenvalue weighted by molar-refractivity contribution is 7.85. The van der Waals surface area contributed by atoms with Gasteiger partial charge in [-0.3, -0.25) is 4.21 Å². The molecule has 98 valence electrons. The molecule has 0 heterocycles. The van der Waals surface area contributed by atoms with Crippen molar-refractivity contribution in [3.05, 3.63) is 29.8 Å². The summed E-state index contributed by atoms with van der Waals surface area (Å²) in [6.45, 7) is 0.